The maximum Gasteiger partial charge on any atom is 0.417 e. The summed E-state index contributed by atoms with van der Waals surface area (Å²) in [5, 5.41) is 2.75. The predicted molar refractivity (Wildman–Crippen MR) is 105 cm³/mol. The Morgan fingerprint density at radius 1 is 1.24 bits per heavy atom. The van der Waals surface area contributed by atoms with Gasteiger partial charge in [-0.25, -0.2) is 0 Å². The van der Waals surface area contributed by atoms with Crippen molar-refractivity contribution >= 4 is 28.8 Å². The molecule has 1 N–H and O–H groups in total. The van der Waals surface area contributed by atoms with Crippen LogP contribution in [0, 0.1) is 0 Å². The number of alkyl halides is 3. The third kappa shape index (κ3) is 5.98. The van der Waals surface area contributed by atoms with Gasteiger partial charge in [0.15, 0.2) is 0 Å². The van der Waals surface area contributed by atoms with Gasteiger partial charge in [0.1, 0.15) is 12.4 Å². The normalized spacial score (nSPS) is 17.2. The number of halogens is 4. The summed E-state index contributed by atoms with van der Waals surface area (Å²) in [5.74, 6) is -0.634. The van der Waals surface area contributed by atoms with Crippen LogP contribution in [0.5, 0.6) is 5.75 Å². The highest BCUT2D eigenvalue weighted by atomic mass is 35.5. The number of anilines is 1. The molecule has 1 atom stereocenters. The van der Waals surface area contributed by atoms with Crippen LogP contribution in [0.3, 0.4) is 0 Å². The zero-order valence-corrected chi connectivity index (χ0v) is 16.1. The Morgan fingerprint density at radius 3 is 2.66 bits per heavy atom. The molecule has 4 nitrogen and oxygen atoms in total. The van der Waals surface area contributed by atoms with E-state index in [9.17, 15) is 18.0 Å². The molecule has 1 aliphatic heterocycles. The van der Waals surface area contributed by atoms with E-state index in [1.807, 2.05) is 0 Å². The number of amides is 1. The van der Waals surface area contributed by atoms with Gasteiger partial charge in [0.05, 0.1) is 17.4 Å². The lowest BCUT2D eigenvalue weighted by Crippen LogP contribution is -2.18. The second-order valence-corrected chi connectivity index (χ2v) is 6.93. The fourth-order valence-corrected chi connectivity index (χ4v) is 3.10. The van der Waals surface area contributed by atoms with E-state index in [1.165, 1.54) is 30.3 Å². The lowest BCUT2D eigenvalue weighted by atomic mass is 10.1. The molecule has 0 aromatic heterocycles. The fourth-order valence-electron chi connectivity index (χ4n) is 2.93. The average molecular weight is 426 g/mol. The van der Waals surface area contributed by atoms with Gasteiger partial charge in [-0.05, 0) is 36.6 Å². The van der Waals surface area contributed by atoms with Crippen molar-refractivity contribution in [3.05, 3.63) is 65.2 Å². The quantitative estimate of drug-likeness (QED) is 0.623. The second kappa shape index (κ2) is 9.33. The van der Waals surface area contributed by atoms with E-state index in [0.717, 1.165) is 12.8 Å². The molecule has 0 bridgehead atoms. The highest BCUT2D eigenvalue weighted by molar-refractivity contribution is 6.31. The standard InChI is InChI=1S/C21H19ClF3NO3/c22-15-8-9-19(29-13-16-7-4-10-28-16)18(11-15)26-20(27)12-17(21(23,24)25)14-5-2-1-3-6-14/h1-3,5-6,8-9,11-12,16H,4,7,10,13H2,(H,26,27)/b17-12-. The van der Waals surface area contributed by atoms with Crippen molar-refractivity contribution in [2.45, 2.75) is 25.1 Å². The van der Waals surface area contributed by atoms with Gasteiger partial charge in [-0.15, -0.1) is 0 Å². The number of hydrogen-bond donors (Lipinski definition) is 1. The Balaban J connectivity index is 1.79. The lowest BCUT2D eigenvalue weighted by molar-refractivity contribution is -0.112. The van der Waals surface area contributed by atoms with E-state index >= 15 is 0 Å². The Hall–Kier alpha value is -2.51. The summed E-state index contributed by atoms with van der Waals surface area (Å²) in [4.78, 5) is 12.4. The molecule has 1 heterocycles. The summed E-state index contributed by atoms with van der Waals surface area (Å²) in [6.45, 7) is 0.945. The number of ether oxygens (including phenoxy) is 2. The molecule has 1 fully saturated rings. The van der Waals surface area contributed by atoms with Crippen molar-refractivity contribution < 1.29 is 27.4 Å². The highest BCUT2D eigenvalue weighted by Crippen LogP contribution is 2.34. The maximum absolute atomic E-state index is 13.4. The minimum atomic E-state index is -4.69. The molecular weight excluding hydrogens is 407 g/mol. The van der Waals surface area contributed by atoms with Gasteiger partial charge in [0.2, 0.25) is 5.91 Å². The van der Waals surface area contributed by atoms with Crippen molar-refractivity contribution in [3.8, 4) is 5.75 Å². The van der Waals surface area contributed by atoms with E-state index < -0.39 is 17.7 Å². The van der Waals surface area contributed by atoms with Crippen LogP contribution in [0.1, 0.15) is 18.4 Å². The van der Waals surface area contributed by atoms with E-state index in [1.54, 1.807) is 18.2 Å². The third-order valence-corrected chi connectivity index (χ3v) is 4.55. The molecular formula is C21H19ClF3NO3. The minimum absolute atomic E-state index is 0.0518. The van der Waals surface area contributed by atoms with Crippen molar-refractivity contribution in [1.82, 2.24) is 0 Å². The Bertz CT molecular complexity index is 878. The zero-order chi connectivity index (χ0) is 20.9. The van der Waals surface area contributed by atoms with Crippen LogP contribution in [-0.4, -0.2) is 31.4 Å². The summed E-state index contributed by atoms with van der Waals surface area (Å²) in [7, 11) is 0. The number of carbonyl (C=O) groups is 1. The molecule has 0 saturated carbocycles. The van der Waals surface area contributed by atoms with Crippen LogP contribution in [0.2, 0.25) is 5.02 Å². The first-order chi connectivity index (χ1) is 13.8. The molecule has 1 aliphatic rings. The monoisotopic (exact) mass is 425 g/mol. The van der Waals surface area contributed by atoms with Gasteiger partial charge in [-0.3, -0.25) is 4.79 Å². The molecule has 1 saturated heterocycles. The van der Waals surface area contributed by atoms with Crippen LogP contribution in [0.4, 0.5) is 18.9 Å². The zero-order valence-electron chi connectivity index (χ0n) is 15.3. The van der Waals surface area contributed by atoms with Gasteiger partial charge < -0.3 is 14.8 Å². The molecule has 8 heteroatoms. The molecule has 2 aromatic carbocycles. The van der Waals surface area contributed by atoms with E-state index in [4.69, 9.17) is 21.1 Å². The first kappa shape index (κ1) is 21.2. The Kier molecular flexibility index (Phi) is 6.82. The lowest BCUT2D eigenvalue weighted by Gasteiger charge is -2.16. The number of nitrogens with one attached hydrogen (secondary N) is 1. The van der Waals surface area contributed by atoms with Crippen molar-refractivity contribution in [3.63, 3.8) is 0 Å². The first-order valence-electron chi connectivity index (χ1n) is 9.02. The molecule has 29 heavy (non-hydrogen) atoms. The molecule has 154 valence electrons. The predicted octanol–water partition coefficient (Wildman–Crippen LogP) is 5.48. The van der Waals surface area contributed by atoms with Crippen LogP contribution >= 0.6 is 11.6 Å². The molecule has 0 aliphatic carbocycles. The minimum Gasteiger partial charge on any atom is -0.489 e. The molecule has 0 radical (unpaired) electrons. The molecule has 0 spiro atoms. The van der Waals surface area contributed by atoms with Crippen LogP contribution in [0.15, 0.2) is 54.6 Å². The van der Waals surface area contributed by atoms with E-state index in [-0.39, 0.29) is 24.0 Å². The van der Waals surface area contributed by atoms with Crippen molar-refractivity contribution in [1.29, 1.82) is 0 Å². The number of allylic oxidation sites excluding steroid dienone is 1. The molecule has 1 unspecified atom stereocenters. The summed E-state index contributed by atoms with van der Waals surface area (Å²) in [5.41, 5.74) is -0.957. The molecule has 3 rings (SSSR count). The summed E-state index contributed by atoms with van der Waals surface area (Å²) in [6.07, 6.45) is -2.40. The van der Waals surface area contributed by atoms with Gasteiger partial charge >= 0.3 is 6.18 Å². The largest absolute Gasteiger partial charge is 0.489 e. The van der Waals surface area contributed by atoms with Gasteiger partial charge in [0, 0.05) is 17.7 Å². The topological polar surface area (TPSA) is 47.6 Å². The number of carbonyl (C=O) groups excluding carboxylic acids is 1. The van der Waals surface area contributed by atoms with Gasteiger partial charge in [0.25, 0.3) is 0 Å². The molecule has 2 aromatic rings. The van der Waals surface area contributed by atoms with Crippen LogP contribution in [-0.2, 0) is 9.53 Å². The third-order valence-electron chi connectivity index (χ3n) is 4.31. The van der Waals surface area contributed by atoms with Crippen molar-refractivity contribution in [2.75, 3.05) is 18.5 Å². The van der Waals surface area contributed by atoms with Gasteiger partial charge in [-0.2, -0.15) is 13.2 Å². The summed E-state index contributed by atoms with van der Waals surface area (Å²) in [6, 6.07) is 11.7. The second-order valence-electron chi connectivity index (χ2n) is 6.50. The Labute approximate surface area is 171 Å². The number of benzene rings is 2. The number of rotatable bonds is 6. The summed E-state index contributed by atoms with van der Waals surface area (Å²) >= 11 is 5.97. The SMILES string of the molecule is O=C(/C=C(/c1ccccc1)C(F)(F)F)Nc1cc(Cl)ccc1OCC1CCCO1. The average Bonchev–Trinajstić information content (AvgIpc) is 3.19. The van der Waals surface area contributed by atoms with Gasteiger partial charge in [-0.1, -0.05) is 41.9 Å². The fraction of sp³-hybridized carbons (Fsp3) is 0.286. The first-order valence-corrected chi connectivity index (χ1v) is 9.40. The van der Waals surface area contributed by atoms with E-state index in [0.29, 0.717) is 23.5 Å². The van der Waals surface area contributed by atoms with Crippen LogP contribution < -0.4 is 10.1 Å². The number of hydrogen-bond acceptors (Lipinski definition) is 3. The van der Waals surface area contributed by atoms with E-state index in [2.05, 4.69) is 5.32 Å². The van der Waals surface area contributed by atoms with Crippen LogP contribution in [0.25, 0.3) is 5.57 Å². The summed E-state index contributed by atoms with van der Waals surface area (Å²) < 4.78 is 51.5. The maximum atomic E-state index is 13.4. The van der Waals surface area contributed by atoms with Crippen molar-refractivity contribution in [2.24, 2.45) is 0 Å². The molecule has 1 amide bonds. The Morgan fingerprint density at radius 2 is 2.00 bits per heavy atom. The smallest absolute Gasteiger partial charge is 0.417 e. The highest BCUT2D eigenvalue weighted by Gasteiger charge is 2.35.